The fourth-order valence-corrected chi connectivity index (χ4v) is 3.61. The standard InChI is InChI=1S/C8H16O4S/c1-6(8(9)10)7-3-2-4-13(11,12)5-7/h6-10H,2-5H2,1H3. The Balaban J connectivity index is 2.62. The van der Waals surface area contributed by atoms with E-state index in [9.17, 15) is 8.42 Å². The predicted octanol–water partition coefficient (Wildman–Crippen LogP) is -0.242. The van der Waals surface area contributed by atoms with E-state index in [1.807, 2.05) is 0 Å². The molecule has 1 saturated heterocycles. The second kappa shape index (κ2) is 3.94. The normalized spacial score (nSPS) is 30.3. The number of hydrogen-bond acceptors (Lipinski definition) is 4. The average molecular weight is 208 g/mol. The van der Waals surface area contributed by atoms with Crippen molar-refractivity contribution in [3.8, 4) is 0 Å². The molecule has 0 aromatic heterocycles. The van der Waals surface area contributed by atoms with E-state index in [4.69, 9.17) is 10.2 Å². The third kappa shape index (κ3) is 2.93. The number of aliphatic hydroxyl groups excluding tert-OH is 1. The van der Waals surface area contributed by atoms with Crippen LogP contribution in [0, 0.1) is 11.8 Å². The molecular formula is C8H16O4S. The van der Waals surface area contributed by atoms with Gasteiger partial charge in [0.15, 0.2) is 16.1 Å². The summed E-state index contributed by atoms with van der Waals surface area (Å²) in [4.78, 5) is 0. The van der Waals surface area contributed by atoms with Crippen molar-refractivity contribution in [3.05, 3.63) is 0 Å². The van der Waals surface area contributed by atoms with Gasteiger partial charge in [0.25, 0.3) is 0 Å². The second-order valence-corrected chi connectivity index (χ2v) is 6.02. The van der Waals surface area contributed by atoms with E-state index < -0.39 is 16.1 Å². The molecule has 1 rings (SSSR count). The monoisotopic (exact) mass is 208 g/mol. The fraction of sp³-hybridized carbons (Fsp3) is 1.00. The summed E-state index contributed by atoms with van der Waals surface area (Å²) in [5.41, 5.74) is 0. The molecule has 0 spiro atoms. The van der Waals surface area contributed by atoms with Crippen LogP contribution in [0.4, 0.5) is 0 Å². The smallest absolute Gasteiger partial charge is 0.154 e. The Morgan fingerprint density at radius 3 is 2.46 bits per heavy atom. The van der Waals surface area contributed by atoms with E-state index in [2.05, 4.69) is 0 Å². The molecule has 5 heteroatoms. The number of aliphatic hydroxyl groups is 2. The average Bonchev–Trinajstić information content (AvgIpc) is 2.01. The zero-order valence-corrected chi connectivity index (χ0v) is 8.50. The van der Waals surface area contributed by atoms with Crippen molar-refractivity contribution in [2.45, 2.75) is 26.1 Å². The molecule has 0 amide bonds. The number of rotatable bonds is 2. The Kier molecular flexibility index (Phi) is 3.32. The molecule has 1 aliphatic heterocycles. The van der Waals surface area contributed by atoms with Gasteiger partial charge in [-0.2, -0.15) is 0 Å². The molecule has 0 aromatic carbocycles. The van der Waals surface area contributed by atoms with Gasteiger partial charge in [-0.25, -0.2) is 8.42 Å². The molecule has 0 aliphatic carbocycles. The van der Waals surface area contributed by atoms with Crippen molar-refractivity contribution in [1.82, 2.24) is 0 Å². The van der Waals surface area contributed by atoms with Crippen molar-refractivity contribution in [2.75, 3.05) is 11.5 Å². The molecule has 13 heavy (non-hydrogen) atoms. The maximum Gasteiger partial charge on any atom is 0.154 e. The molecule has 1 aliphatic rings. The molecule has 0 radical (unpaired) electrons. The Labute approximate surface area is 78.5 Å². The van der Waals surface area contributed by atoms with Gasteiger partial charge in [-0.05, 0) is 18.8 Å². The van der Waals surface area contributed by atoms with Gasteiger partial charge in [0, 0.05) is 5.92 Å². The summed E-state index contributed by atoms with van der Waals surface area (Å²) in [6.07, 6.45) is 0.0144. The summed E-state index contributed by atoms with van der Waals surface area (Å²) in [6.45, 7) is 1.68. The van der Waals surface area contributed by atoms with Gasteiger partial charge in [0.1, 0.15) is 0 Å². The maximum absolute atomic E-state index is 11.2. The molecule has 78 valence electrons. The van der Waals surface area contributed by atoms with Crippen molar-refractivity contribution in [3.63, 3.8) is 0 Å². The Hall–Kier alpha value is -0.130. The first-order valence-corrected chi connectivity index (χ1v) is 6.31. The highest BCUT2D eigenvalue weighted by molar-refractivity contribution is 7.91. The molecule has 1 heterocycles. The third-order valence-electron chi connectivity index (χ3n) is 2.71. The maximum atomic E-state index is 11.2. The van der Waals surface area contributed by atoms with Crippen LogP contribution in [-0.2, 0) is 9.84 Å². The summed E-state index contributed by atoms with van der Waals surface area (Å²) < 4.78 is 22.4. The van der Waals surface area contributed by atoms with Crippen LogP contribution >= 0.6 is 0 Å². The highest BCUT2D eigenvalue weighted by Gasteiger charge is 2.31. The van der Waals surface area contributed by atoms with E-state index in [-0.39, 0.29) is 23.3 Å². The number of hydrogen-bond donors (Lipinski definition) is 2. The molecule has 2 N–H and O–H groups in total. The molecule has 0 saturated carbocycles. The highest BCUT2D eigenvalue weighted by atomic mass is 32.2. The first-order valence-electron chi connectivity index (χ1n) is 4.49. The molecule has 4 nitrogen and oxygen atoms in total. The minimum Gasteiger partial charge on any atom is -0.368 e. The quantitative estimate of drug-likeness (QED) is 0.614. The van der Waals surface area contributed by atoms with Gasteiger partial charge in [-0.1, -0.05) is 6.92 Å². The van der Waals surface area contributed by atoms with Crippen LogP contribution in [0.2, 0.25) is 0 Å². The predicted molar refractivity (Wildman–Crippen MR) is 48.8 cm³/mol. The summed E-state index contributed by atoms with van der Waals surface area (Å²) in [5, 5.41) is 17.8. The topological polar surface area (TPSA) is 74.6 Å². The van der Waals surface area contributed by atoms with Crippen LogP contribution in [0.3, 0.4) is 0 Å². The Morgan fingerprint density at radius 2 is 2.00 bits per heavy atom. The molecule has 1 fully saturated rings. The zero-order chi connectivity index (χ0) is 10.1. The fourth-order valence-electron chi connectivity index (χ4n) is 1.72. The molecule has 2 unspecified atom stereocenters. The van der Waals surface area contributed by atoms with Gasteiger partial charge in [-0.15, -0.1) is 0 Å². The van der Waals surface area contributed by atoms with Crippen LogP contribution in [0.15, 0.2) is 0 Å². The van der Waals surface area contributed by atoms with Gasteiger partial charge in [0.05, 0.1) is 11.5 Å². The minimum absolute atomic E-state index is 0.0984. The van der Waals surface area contributed by atoms with Crippen molar-refractivity contribution in [2.24, 2.45) is 11.8 Å². The minimum atomic E-state index is -2.93. The summed E-state index contributed by atoms with van der Waals surface area (Å²) in [7, 11) is -2.93. The molecule has 2 atom stereocenters. The second-order valence-electron chi connectivity index (χ2n) is 3.79. The largest absolute Gasteiger partial charge is 0.368 e. The first kappa shape index (κ1) is 10.9. The van der Waals surface area contributed by atoms with Gasteiger partial charge >= 0.3 is 0 Å². The Morgan fingerprint density at radius 1 is 1.38 bits per heavy atom. The molecular weight excluding hydrogens is 192 g/mol. The summed E-state index contributed by atoms with van der Waals surface area (Å²) >= 11 is 0. The lowest BCUT2D eigenvalue weighted by Gasteiger charge is -2.28. The van der Waals surface area contributed by atoms with Crippen LogP contribution in [-0.4, -0.2) is 36.4 Å². The van der Waals surface area contributed by atoms with Crippen LogP contribution in [0.1, 0.15) is 19.8 Å². The third-order valence-corrected chi connectivity index (χ3v) is 4.56. The van der Waals surface area contributed by atoms with Crippen molar-refractivity contribution in [1.29, 1.82) is 0 Å². The summed E-state index contributed by atoms with van der Waals surface area (Å²) in [5.74, 6) is -0.0994. The highest BCUT2D eigenvalue weighted by Crippen LogP contribution is 2.26. The molecule has 0 aromatic rings. The zero-order valence-electron chi connectivity index (χ0n) is 7.68. The van der Waals surface area contributed by atoms with E-state index in [0.717, 1.165) is 6.42 Å². The van der Waals surface area contributed by atoms with E-state index in [1.165, 1.54) is 0 Å². The van der Waals surface area contributed by atoms with Gasteiger partial charge in [-0.3, -0.25) is 0 Å². The van der Waals surface area contributed by atoms with E-state index in [0.29, 0.717) is 6.42 Å². The lowest BCUT2D eigenvalue weighted by Crippen LogP contribution is -2.34. The number of sulfone groups is 1. The van der Waals surface area contributed by atoms with Crippen LogP contribution in [0.5, 0.6) is 0 Å². The molecule has 0 bridgehead atoms. The van der Waals surface area contributed by atoms with Crippen molar-refractivity contribution >= 4 is 9.84 Å². The first-order chi connectivity index (χ1) is 5.92. The van der Waals surface area contributed by atoms with Gasteiger partial charge < -0.3 is 10.2 Å². The Bertz CT molecular complexity index is 257. The summed E-state index contributed by atoms with van der Waals surface area (Å²) in [6, 6.07) is 0. The van der Waals surface area contributed by atoms with Crippen molar-refractivity contribution < 1.29 is 18.6 Å². The van der Waals surface area contributed by atoms with Gasteiger partial charge in [0.2, 0.25) is 0 Å². The van der Waals surface area contributed by atoms with E-state index in [1.54, 1.807) is 6.92 Å². The van der Waals surface area contributed by atoms with Crippen LogP contribution in [0.25, 0.3) is 0 Å². The van der Waals surface area contributed by atoms with Crippen LogP contribution < -0.4 is 0 Å². The van der Waals surface area contributed by atoms with E-state index >= 15 is 0 Å². The lowest BCUT2D eigenvalue weighted by molar-refractivity contribution is -0.0930. The lowest BCUT2D eigenvalue weighted by atomic mass is 9.91. The SMILES string of the molecule is CC(C(O)O)C1CCCS(=O)(=O)C1.